The number of nitrogens with zero attached hydrogens (tertiary/aromatic N) is 1. The molecule has 256 valence electrons. The highest BCUT2D eigenvalue weighted by Crippen LogP contribution is 2.51. The summed E-state index contributed by atoms with van der Waals surface area (Å²) in [4.78, 5) is 0. The van der Waals surface area contributed by atoms with E-state index in [1.165, 1.54) is 43.7 Å². The maximum atomic E-state index is 7.27. The molecule has 3 nitrogen and oxygen atoms in total. The second kappa shape index (κ2) is 11.6. The van der Waals surface area contributed by atoms with E-state index in [1.54, 1.807) is 0 Å². The fourth-order valence-corrected chi connectivity index (χ4v) is 9.10. The lowest BCUT2D eigenvalue weighted by Gasteiger charge is -2.17. The van der Waals surface area contributed by atoms with Crippen molar-refractivity contribution in [3.05, 3.63) is 188 Å². The summed E-state index contributed by atoms with van der Waals surface area (Å²) in [6.45, 7) is 0. The number of rotatable bonds is 4. The summed E-state index contributed by atoms with van der Waals surface area (Å²) in [5.41, 5.74) is 11.7. The molecule has 0 unspecified atom stereocenters. The van der Waals surface area contributed by atoms with Gasteiger partial charge >= 0.3 is 0 Å². The molecule has 3 heterocycles. The van der Waals surface area contributed by atoms with E-state index in [9.17, 15) is 0 Å². The molecule has 0 atom stereocenters. The molecule has 0 aliphatic rings. The van der Waals surface area contributed by atoms with E-state index in [0.717, 1.165) is 71.8 Å². The molecule has 3 heteroatoms. The SMILES string of the molecule is c1ccc(-c2c(-c3c4ccccc4c(-c4ccc5c6ccccc6n(-c6ccccc6)c5c4)c4ccccc34)oc3c2ccc2oc4ccccc4c23)cc1. The van der Waals surface area contributed by atoms with Gasteiger partial charge < -0.3 is 13.4 Å². The van der Waals surface area contributed by atoms with Crippen LogP contribution in [-0.4, -0.2) is 4.57 Å². The molecule has 0 radical (unpaired) electrons. The van der Waals surface area contributed by atoms with Crippen molar-refractivity contribution in [2.75, 3.05) is 0 Å². The molecule has 3 aromatic heterocycles. The topological polar surface area (TPSA) is 31.2 Å². The Kier molecular flexibility index (Phi) is 6.34. The van der Waals surface area contributed by atoms with Crippen molar-refractivity contribution in [2.24, 2.45) is 0 Å². The predicted molar refractivity (Wildman–Crippen MR) is 229 cm³/mol. The first kappa shape index (κ1) is 30.1. The van der Waals surface area contributed by atoms with Crippen LogP contribution in [0.2, 0.25) is 0 Å². The van der Waals surface area contributed by atoms with Gasteiger partial charge in [0.05, 0.1) is 16.4 Å². The minimum Gasteiger partial charge on any atom is -0.456 e. The Bertz CT molecular complexity index is 3420. The summed E-state index contributed by atoms with van der Waals surface area (Å²) in [6, 6.07) is 67.2. The van der Waals surface area contributed by atoms with Crippen molar-refractivity contribution < 1.29 is 8.83 Å². The van der Waals surface area contributed by atoms with E-state index < -0.39 is 0 Å². The summed E-state index contributed by atoms with van der Waals surface area (Å²) < 4.78 is 16.0. The van der Waals surface area contributed by atoms with Crippen molar-refractivity contribution in [3.63, 3.8) is 0 Å². The van der Waals surface area contributed by atoms with Gasteiger partial charge in [-0.05, 0) is 80.7 Å². The fourth-order valence-electron chi connectivity index (χ4n) is 9.10. The molecule has 0 aliphatic heterocycles. The van der Waals surface area contributed by atoms with Crippen LogP contribution in [0.15, 0.2) is 197 Å². The molecule has 0 amide bonds. The van der Waals surface area contributed by atoms with Gasteiger partial charge in [-0.3, -0.25) is 0 Å². The van der Waals surface area contributed by atoms with E-state index in [0.29, 0.717) is 0 Å². The Labute approximate surface area is 315 Å². The first-order chi connectivity index (χ1) is 27.3. The van der Waals surface area contributed by atoms with Gasteiger partial charge in [-0.2, -0.15) is 0 Å². The number of hydrogen-bond acceptors (Lipinski definition) is 2. The lowest BCUT2D eigenvalue weighted by Crippen LogP contribution is -1.94. The van der Waals surface area contributed by atoms with Crippen LogP contribution >= 0.6 is 0 Å². The number of furan rings is 2. The van der Waals surface area contributed by atoms with E-state index in [-0.39, 0.29) is 0 Å². The van der Waals surface area contributed by atoms with Gasteiger partial charge in [0, 0.05) is 38.4 Å². The zero-order valence-corrected chi connectivity index (χ0v) is 29.7. The third-order valence-corrected chi connectivity index (χ3v) is 11.4. The van der Waals surface area contributed by atoms with Crippen molar-refractivity contribution in [1.29, 1.82) is 0 Å². The Morgan fingerprint density at radius 1 is 0.327 bits per heavy atom. The molecule has 0 fully saturated rings. The molecule has 0 aliphatic carbocycles. The molecule has 0 N–H and O–H groups in total. The van der Waals surface area contributed by atoms with Crippen LogP contribution in [0.4, 0.5) is 0 Å². The van der Waals surface area contributed by atoms with Gasteiger partial charge in [0.1, 0.15) is 22.5 Å². The standard InChI is InChI=1S/C52H31NO2/c1-3-15-32(16-4-1)48-42-29-30-46-50(41-24-12-14-26-45(41)54-46)51(42)55-52(48)49-39-22-9-7-20-37(39)47(38-21-8-10-23-40(38)49)33-27-28-36-35-19-11-13-25-43(35)53(44(36)31-33)34-17-5-2-6-18-34/h1-31H. The van der Waals surface area contributed by atoms with Crippen LogP contribution in [0.5, 0.6) is 0 Å². The van der Waals surface area contributed by atoms with Gasteiger partial charge in [-0.15, -0.1) is 0 Å². The van der Waals surface area contributed by atoms with E-state index in [4.69, 9.17) is 8.83 Å². The number of para-hydroxylation sites is 3. The average molecular weight is 702 g/mol. The van der Waals surface area contributed by atoms with Crippen molar-refractivity contribution in [3.8, 4) is 39.3 Å². The molecular formula is C52H31NO2. The molecule has 0 bridgehead atoms. The van der Waals surface area contributed by atoms with Crippen molar-refractivity contribution in [2.45, 2.75) is 0 Å². The number of hydrogen-bond donors (Lipinski definition) is 0. The van der Waals surface area contributed by atoms with E-state index in [2.05, 4.69) is 180 Å². The maximum absolute atomic E-state index is 7.27. The van der Waals surface area contributed by atoms with Crippen molar-refractivity contribution in [1.82, 2.24) is 4.57 Å². The Balaban J connectivity index is 1.20. The summed E-state index contributed by atoms with van der Waals surface area (Å²) >= 11 is 0. The average Bonchev–Trinajstić information content (AvgIpc) is 3.92. The Morgan fingerprint density at radius 2 is 0.891 bits per heavy atom. The molecule has 0 spiro atoms. The van der Waals surface area contributed by atoms with Crippen LogP contribution in [0.1, 0.15) is 0 Å². The normalized spacial score (nSPS) is 12.0. The fraction of sp³-hybridized carbons (Fsp3) is 0. The quantitative estimate of drug-likeness (QED) is 0.171. The van der Waals surface area contributed by atoms with Gasteiger partial charge in [0.25, 0.3) is 0 Å². The highest BCUT2D eigenvalue weighted by Gasteiger charge is 2.26. The highest BCUT2D eigenvalue weighted by atomic mass is 16.3. The second-order valence-electron chi connectivity index (χ2n) is 14.3. The first-order valence-corrected chi connectivity index (χ1v) is 18.8. The zero-order chi connectivity index (χ0) is 36.0. The predicted octanol–water partition coefficient (Wildman–Crippen LogP) is 14.7. The largest absolute Gasteiger partial charge is 0.456 e. The molecular weight excluding hydrogens is 671 g/mol. The van der Waals surface area contributed by atoms with Crippen LogP contribution in [0, 0.1) is 0 Å². The monoisotopic (exact) mass is 701 g/mol. The van der Waals surface area contributed by atoms with Crippen LogP contribution < -0.4 is 0 Å². The first-order valence-electron chi connectivity index (χ1n) is 18.8. The third kappa shape index (κ3) is 4.32. The van der Waals surface area contributed by atoms with Gasteiger partial charge in [-0.1, -0.05) is 146 Å². The Hall–Kier alpha value is -7.36. The van der Waals surface area contributed by atoms with Gasteiger partial charge in [-0.25, -0.2) is 0 Å². The molecule has 9 aromatic carbocycles. The smallest absolute Gasteiger partial charge is 0.147 e. The molecule has 12 rings (SSSR count). The summed E-state index contributed by atoms with van der Waals surface area (Å²) in [5, 5.41) is 10.2. The number of fused-ring (bicyclic) bond motifs is 10. The lowest BCUT2D eigenvalue weighted by molar-refractivity contribution is 0.636. The van der Waals surface area contributed by atoms with Crippen molar-refractivity contribution >= 4 is 76.3 Å². The number of aromatic nitrogens is 1. The van der Waals surface area contributed by atoms with Crippen LogP contribution in [0.3, 0.4) is 0 Å². The van der Waals surface area contributed by atoms with Gasteiger partial charge in [0.2, 0.25) is 0 Å². The summed E-state index contributed by atoms with van der Waals surface area (Å²) in [6.07, 6.45) is 0. The molecule has 12 aromatic rings. The highest BCUT2D eigenvalue weighted by molar-refractivity contribution is 6.26. The van der Waals surface area contributed by atoms with E-state index in [1.807, 2.05) is 12.1 Å². The summed E-state index contributed by atoms with van der Waals surface area (Å²) in [5.74, 6) is 0.859. The van der Waals surface area contributed by atoms with Crippen LogP contribution in [0.25, 0.3) is 116 Å². The molecule has 55 heavy (non-hydrogen) atoms. The second-order valence-corrected chi connectivity index (χ2v) is 14.3. The van der Waals surface area contributed by atoms with Crippen LogP contribution in [-0.2, 0) is 0 Å². The summed E-state index contributed by atoms with van der Waals surface area (Å²) in [7, 11) is 0. The Morgan fingerprint density at radius 3 is 1.62 bits per heavy atom. The van der Waals surface area contributed by atoms with E-state index >= 15 is 0 Å². The lowest BCUT2D eigenvalue weighted by atomic mass is 9.86. The zero-order valence-electron chi connectivity index (χ0n) is 29.7. The van der Waals surface area contributed by atoms with Gasteiger partial charge in [0.15, 0.2) is 0 Å². The molecule has 0 saturated heterocycles. The third-order valence-electron chi connectivity index (χ3n) is 11.4. The number of benzene rings is 9. The minimum atomic E-state index is 0.821. The minimum absolute atomic E-state index is 0.821. The maximum Gasteiger partial charge on any atom is 0.147 e. The molecule has 0 saturated carbocycles.